The molecule has 1 amide bonds. The topological polar surface area (TPSA) is 104 Å². The summed E-state index contributed by atoms with van der Waals surface area (Å²) in [4.78, 5) is 29.0. The Morgan fingerprint density at radius 3 is 2.63 bits per heavy atom. The third-order valence-electron chi connectivity index (χ3n) is 4.33. The average molecular weight is 361 g/mol. The summed E-state index contributed by atoms with van der Waals surface area (Å²) in [5.74, 6) is 0.195. The van der Waals surface area contributed by atoms with Crippen LogP contribution in [0.25, 0.3) is 16.9 Å². The van der Waals surface area contributed by atoms with Crippen molar-refractivity contribution in [3.63, 3.8) is 0 Å². The average Bonchev–Trinajstić information content (AvgIpc) is 3.09. The van der Waals surface area contributed by atoms with E-state index in [1.165, 1.54) is 10.9 Å². The summed E-state index contributed by atoms with van der Waals surface area (Å²) in [6.07, 6.45) is 3.88. The zero-order chi connectivity index (χ0) is 19.4. The molecule has 7 heteroatoms. The van der Waals surface area contributed by atoms with Gasteiger partial charge >= 0.3 is 0 Å². The number of carbonyl (C=O) groups excluding carboxylic acids is 1. The van der Waals surface area contributed by atoms with Crippen LogP contribution in [0.15, 0.2) is 53.6 Å². The van der Waals surface area contributed by atoms with Crippen LogP contribution in [0, 0.1) is 11.3 Å². The normalized spacial score (nSPS) is 11.6. The minimum Gasteiger partial charge on any atom is -0.350 e. The summed E-state index contributed by atoms with van der Waals surface area (Å²) in [7, 11) is 0. The first-order chi connectivity index (χ1) is 13.0. The summed E-state index contributed by atoms with van der Waals surface area (Å²) >= 11 is 0. The number of nitrogens with zero attached hydrogens (tertiary/aromatic N) is 3. The molecule has 7 nitrogen and oxygen atoms in total. The molecule has 0 aliphatic heterocycles. The standard InChI is InChI=1S/C20H19N5O2/c1-3-13(2)24-19(26)16-8-9-18(22-11-16)25-20(27)17(12-23-25)15-6-4-14(10-21)5-7-15/h4-9,11-13,23H,3H2,1-2H3,(H,24,26). The van der Waals surface area contributed by atoms with Crippen LogP contribution in [0.3, 0.4) is 0 Å². The highest BCUT2D eigenvalue weighted by Crippen LogP contribution is 2.16. The smallest absolute Gasteiger partial charge is 0.280 e. The second-order valence-electron chi connectivity index (χ2n) is 6.20. The molecule has 0 saturated heterocycles. The van der Waals surface area contributed by atoms with Gasteiger partial charge in [-0.05, 0) is 43.2 Å². The van der Waals surface area contributed by atoms with Crippen LogP contribution in [-0.4, -0.2) is 26.7 Å². The summed E-state index contributed by atoms with van der Waals surface area (Å²) in [6, 6.07) is 12.2. The Labute approximate surface area is 156 Å². The third kappa shape index (κ3) is 3.80. The molecule has 27 heavy (non-hydrogen) atoms. The van der Waals surface area contributed by atoms with Crippen molar-refractivity contribution in [3.05, 3.63) is 70.3 Å². The molecular formula is C20H19N5O2. The van der Waals surface area contributed by atoms with Gasteiger partial charge in [-0.25, -0.2) is 9.67 Å². The van der Waals surface area contributed by atoms with Crippen molar-refractivity contribution in [1.29, 1.82) is 5.26 Å². The lowest BCUT2D eigenvalue weighted by molar-refractivity contribution is 0.0939. The van der Waals surface area contributed by atoms with Crippen LogP contribution in [0.2, 0.25) is 0 Å². The number of carbonyl (C=O) groups is 1. The monoisotopic (exact) mass is 361 g/mol. The molecule has 2 heterocycles. The first-order valence-electron chi connectivity index (χ1n) is 8.61. The van der Waals surface area contributed by atoms with Crippen molar-refractivity contribution in [1.82, 2.24) is 20.1 Å². The number of nitriles is 1. The van der Waals surface area contributed by atoms with Crippen LogP contribution in [-0.2, 0) is 0 Å². The molecule has 0 aliphatic carbocycles. The van der Waals surface area contributed by atoms with E-state index in [0.717, 1.165) is 6.42 Å². The highest BCUT2D eigenvalue weighted by atomic mass is 16.2. The van der Waals surface area contributed by atoms with E-state index in [1.54, 1.807) is 42.6 Å². The molecule has 0 fully saturated rings. The Hall–Kier alpha value is -3.66. The maximum absolute atomic E-state index is 12.7. The zero-order valence-electron chi connectivity index (χ0n) is 15.1. The van der Waals surface area contributed by atoms with E-state index in [2.05, 4.69) is 15.4 Å². The molecule has 3 rings (SSSR count). The largest absolute Gasteiger partial charge is 0.350 e. The summed E-state index contributed by atoms with van der Waals surface area (Å²) in [5.41, 5.74) is 1.89. The number of aromatic amines is 1. The zero-order valence-corrected chi connectivity index (χ0v) is 15.1. The Morgan fingerprint density at radius 1 is 1.30 bits per heavy atom. The Balaban J connectivity index is 1.85. The molecule has 0 aliphatic rings. The van der Waals surface area contributed by atoms with E-state index in [-0.39, 0.29) is 17.5 Å². The van der Waals surface area contributed by atoms with Crippen molar-refractivity contribution < 1.29 is 4.79 Å². The van der Waals surface area contributed by atoms with E-state index in [0.29, 0.717) is 28.1 Å². The SMILES string of the molecule is CCC(C)NC(=O)c1ccc(-n2[nH]cc(-c3ccc(C#N)cc3)c2=O)nc1. The van der Waals surface area contributed by atoms with E-state index < -0.39 is 0 Å². The van der Waals surface area contributed by atoms with E-state index in [4.69, 9.17) is 5.26 Å². The van der Waals surface area contributed by atoms with Crippen molar-refractivity contribution in [2.45, 2.75) is 26.3 Å². The van der Waals surface area contributed by atoms with E-state index in [1.807, 2.05) is 19.9 Å². The van der Waals surface area contributed by atoms with E-state index >= 15 is 0 Å². The maximum Gasteiger partial charge on any atom is 0.280 e. The molecule has 0 radical (unpaired) electrons. The van der Waals surface area contributed by atoms with Crippen LogP contribution < -0.4 is 10.9 Å². The van der Waals surface area contributed by atoms with Crippen LogP contribution in [0.4, 0.5) is 0 Å². The maximum atomic E-state index is 12.7. The van der Waals surface area contributed by atoms with Gasteiger partial charge in [0, 0.05) is 18.4 Å². The molecule has 2 N–H and O–H groups in total. The van der Waals surface area contributed by atoms with Crippen LogP contribution in [0.1, 0.15) is 36.2 Å². The van der Waals surface area contributed by atoms with Gasteiger partial charge in [-0.15, -0.1) is 0 Å². The second-order valence-corrected chi connectivity index (χ2v) is 6.20. The number of amides is 1. The molecule has 0 saturated carbocycles. The molecule has 1 aromatic carbocycles. The fraction of sp³-hybridized carbons (Fsp3) is 0.200. The molecule has 2 aromatic heterocycles. The number of hydrogen-bond donors (Lipinski definition) is 2. The van der Waals surface area contributed by atoms with Crippen molar-refractivity contribution >= 4 is 5.91 Å². The number of rotatable bonds is 5. The highest BCUT2D eigenvalue weighted by Gasteiger charge is 2.13. The fourth-order valence-corrected chi connectivity index (χ4v) is 2.53. The van der Waals surface area contributed by atoms with Crippen LogP contribution in [0.5, 0.6) is 0 Å². The summed E-state index contributed by atoms with van der Waals surface area (Å²) in [5, 5.41) is 14.6. The molecule has 136 valence electrons. The van der Waals surface area contributed by atoms with Gasteiger partial charge < -0.3 is 5.32 Å². The van der Waals surface area contributed by atoms with Crippen molar-refractivity contribution in [3.8, 4) is 23.0 Å². The number of pyridine rings is 1. The molecular weight excluding hydrogens is 342 g/mol. The van der Waals surface area contributed by atoms with Gasteiger partial charge in [0.25, 0.3) is 11.5 Å². The van der Waals surface area contributed by atoms with Gasteiger partial charge in [0.1, 0.15) is 0 Å². The molecule has 0 spiro atoms. The number of aromatic nitrogens is 3. The summed E-state index contributed by atoms with van der Waals surface area (Å²) < 4.78 is 1.31. The molecule has 1 atom stereocenters. The van der Waals surface area contributed by atoms with E-state index in [9.17, 15) is 9.59 Å². The Morgan fingerprint density at radius 2 is 2.04 bits per heavy atom. The number of hydrogen-bond acceptors (Lipinski definition) is 4. The van der Waals surface area contributed by atoms with Gasteiger partial charge in [-0.2, -0.15) is 5.26 Å². The minimum absolute atomic E-state index is 0.0817. The van der Waals surface area contributed by atoms with Crippen molar-refractivity contribution in [2.75, 3.05) is 0 Å². The molecule has 1 unspecified atom stereocenters. The van der Waals surface area contributed by atoms with Gasteiger partial charge in [-0.3, -0.25) is 14.7 Å². The van der Waals surface area contributed by atoms with Gasteiger partial charge in [0.05, 0.1) is 22.8 Å². The lowest BCUT2D eigenvalue weighted by Gasteiger charge is -2.11. The predicted molar refractivity (Wildman–Crippen MR) is 102 cm³/mol. The van der Waals surface area contributed by atoms with Gasteiger partial charge in [0.15, 0.2) is 5.82 Å². The minimum atomic E-state index is -0.260. The second kappa shape index (κ2) is 7.70. The van der Waals surface area contributed by atoms with Crippen LogP contribution >= 0.6 is 0 Å². The Bertz CT molecular complexity index is 1040. The first kappa shape index (κ1) is 18.1. The number of H-pyrrole nitrogens is 1. The molecule has 0 bridgehead atoms. The predicted octanol–water partition coefficient (Wildman–Crippen LogP) is 2.63. The number of benzene rings is 1. The van der Waals surface area contributed by atoms with Gasteiger partial charge in [0.2, 0.25) is 0 Å². The third-order valence-corrected chi connectivity index (χ3v) is 4.33. The fourth-order valence-electron chi connectivity index (χ4n) is 2.53. The first-order valence-corrected chi connectivity index (χ1v) is 8.61. The quantitative estimate of drug-likeness (QED) is 0.729. The Kier molecular flexibility index (Phi) is 5.18. The summed E-state index contributed by atoms with van der Waals surface area (Å²) in [6.45, 7) is 3.93. The number of nitrogens with one attached hydrogen (secondary N) is 2. The van der Waals surface area contributed by atoms with Crippen molar-refractivity contribution in [2.24, 2.45) is 0 Å². The highest BCUT2D eigenvalue weighted by molar-refractivity contribution is 5.94. The molecule has 3 aromatic rings. The lowest BCUT2D eigenvalue weighted by atomic mass is 10.1. The van der Waals surface area contributed by atoms with Gasteiger partial charge in [-0.1, -0.05) is 19.1 Å². The lowest BCUT2D eigenvalue weighted by Crippen LogP contribution is -2.32.